The summed E-state index contributed by atoms with van der Waals surface area (Å²) in [6.45, 7) is 1.37. The van der Waals surface area contributed by atoms with Gasteiger partial charge in [-0.25, -0.2) is 0 Å². The van der Waals surface area contributed by atoms with Gasteiger partial charge in [0.15, 0.2) is 0 Å². The monoisotopic (exact) mass is 337 g/mol. The minimum absolute atomic E-state index is 0.202. The molecular formula is C13H12BrN3O3. The average molecular weight is 338 g/mol. The predicted molar refractivity (Wildman–Crippen MR) is 76.8 cm³/mol. The van der Waals surface area contributed by atoms with Crippen molar-refractivity contribution < 1.29 is 14.7 Å². The number of hydrogen-bond acceptors (Lipinski definition) is 4. The molecular weight excluding hydrogens is 326 g/mol. The van der Waals surface area contributed by atoms with E-state index in [0.717, 1.165) is 10.0 Å². The van der Waals surface area contributed by atoms with Crippen LogP contribution >= 0.6 is 15.9 Å². The maximum absolute atomic E-state index is 11.5. The number of nitriles is 1. The summed E-state index contributed by atoms with van der Waals surface area (Å²) in [6, 6.07) is 7.16. The van der Waals surface area contributed by atoms with Crippen molar-refractivity contribution in [2.45, 2.75) is 6.92 Å². The number of nitrogens with zero attached hydrogens (tertiary/aromatic N) is 1. The molecule has 0 aromatic heterocycles. The molecule has 0 aliphatic carbocycles. The van der Waals surface area contributed by atoms with Gasteiger partial charge in [0.2, 0.25) is 0 Å². The SMILES string of the molecule is Cc1cc(N/C=C(/C#N)C(=O)NCC(=O)O)ccc1Br. The number of carboxylic acid groups (broad SMARTS) is 1. The van der Waals surface area contributed by atoms with Crippen LogP contribution in [0.3, 0.4) is 0 Å². The van der Waals surface area contributed by atoms with Gasteiger partial charge in [-0.2, -0.15) is 5.26 Å². The number of aryl methyl sites for hydroxylation is 1. The Bertz CT molecular complexity index is 605. The number of anilines is 1. The first-order valence-electron chi connectivity index (χ1n) is 5.57. The lowest BCUT2D eigenvalue weighted by molar-refractivity contribution is -0.137. The molecule has 0 saturated carbocycles. The fraction of sp³-hybridized carbons (Fsp3) is 0.154. The Labute approximate surface area is 124 Å². The molecule has 0 fully saturated rings. The van der Waals surface area contributed by atoms with Gasteiger partial charge in [-0.05, 0) is 30.7 Å². The molecule has 1 aromatic carbocycles. The molecule has 7 heteroatoms. The lowest BCUT2D eigenvalue weighted by atomic mass is 10.2. The number of carbonyl (C=O) groups excluding carboxylic acids is 1. The zero-order valence-electron chi connectivity index (χ0n) is 10.6. The van der Waals surface area contributed by atoms with Crippen LogP contribution in [0.5, 0.6) is 0 Å². The van der Waals surface area contributed by atoms with Crippen molar-refractivity contribution in [1.82, 2.24) is 5.32 Å². The molecule has 3 N–H and O–H groups in total. The number of aliphatic carboxylic acids is 1. The third-order valence-corrected chi connectivity index (χ3v) is 3.20. The summed E-state index contributed by atoms with van der Waals surface area (Å²) in [5.74, 6) is -1.91. The van der Waals surface area contributed by atoms with E-state index < -0.39 is 18.4 Å². The van der Waals surface area contributed by atoms with E-state index in [1.165, 1.54) is 6.20 Å². The Kier molecular flexibility index (Phi) is 5.74. The number of benzene rings is 1. The molecule has 0 atom stereocenters. The van der Waals surface area contributed by atoms with Crippen LogP contribution in [0.15, 0.2) is 34.4 Å². The van der Waals surface area contributed by atoms with Crippen LogP contribution in [0.2, 0.25) is 0 Å². The largest absolute Gasteiger partial charge is 0.480 e. The Morgan fingerprint density at radius 3 is 2.75 bits per heavy atom. The number of rotatable bonds is 5. The third-order valence-electron chi connectivity index (χ3n) is 2.31. The number of nitrogens with one attached hydrogen (secondary N) is 2. The molecule has 104 valence electrons. The first-order chi connectivity index (χ1) is 9.43. The molecule has 0 aliphatic rings. The van der Waals surface area contributed by atoms with E-state index in [0.29, 0.717) is 5.69 Å². The number of carbonyl (C=O) groups is 2. The first-order valence-corrected chi connectivity index (χ1v) is 6.36. The highest BCUT2D eigenvalue weighted by molar-refractivity contribution is 9.10. The zero-order valence-corrected chi connectivity index (χ0v) is 12.2. The van der Waals surface area contributed by atoms with Crippen molar-refractivity contribution in [1.29, 1.82) is 5.26 Å². The highest BCUT2D eigenvalue weighted by Crippen LogP contribution is 2.20. The molecule has 0 radical (unpaired) electrons. The van der Waals surface area contributed by atoms with Crippen LogP contribution < -0.4 is 10.6 Å². The van der Waals surface area contributed by atoms with Crippen LogP contribution in [0.25, 0.3) is 0 Å². The maximum atomic E-state index is 11.5. The van der Waals surface area contributed by atoms with Gasteiger partial charge < -0.3 is 15.7 Å². The standard InChI is InChI=1S/C13H12BrN3O3/c1-8-4-10(2-3-11(8)14)16-6-9(5-15)13(20)17-7-12(18)19/h2-4,6,16H,7H2,1H3,(H,17,20)(H,18,19)/b9-6-. The van der Waals surface area contributed by atoms with E-state index in [2.05, 4.69) is 26.6 Å². The van der Waals surface area contributed by atoms with Crippen molar-refractivity contribution in [3.05, 3.63) is 40.0 Å². The Morgan fingerprint density at radius 1 is 1.50 bits per heavy atom. The molecule has 0 aliphatic heterocycles. The summed E-state index contributed by atoms with van der Waals surface area (Å²) in [4.78, 5) is 21.8. The van der Waals surface area contributed by atoms with Gasteiger partial charge in [-0.3, -0.25) is 9.59 Å². The average Bonchev–Trinajstić information content (AvgIpc) is 2.41. The van der Waals surface area contributed by atoms with Crippen molar-refractivity contribution in [3.8, 4) is 6.07 Å². The second kappa shape index (κ2) is 7.31. The van der Waals surface area contributed by atoms with Crippen LogP contribution in [-0.2, 0) is 9.59 Å². The van der Waals surface area contributed by atoms with Gasteiger partial charge in [0.25, 0.3) is 5.91 Å². The van der Waals surface area contributed by atoms with E-state index in [1.807, 2.05) is 19.1 Å². The molecule has 20 heavy (non-hydrogen) atoms. The van der Waals surface area contributed by atoms with Crippen molar-refractivity contribution in [2.24, 2.45) is 0 Å². The van der Waals surface area contributed by atoms with Crippen molar-refractivity contribution in [2.75, 3.05) is 11.9 Å². The molecule has 6 nitrogen and oxygen atoms in total. The smallest absolute Gasteiger partial charge is 0.322 e. The number of amides is 1. The maximum Gasteiger partial charge on any atom is 0.322 e. The van der Waals surface area contributed by atoms with Crippen molar-refractivity contribution >= 4 is 33.5 Å². The van der Waals surface area contributed by atoms with E-state index >= 15 is 0 Å². The van der Waals surface area contributed by atoms with Crippen LogP contribution in [0.1, 0.15) is 5.56 Å². The number of halogens is 1. The van der Waals surface area contributed by atoms with Gasteiger partial charge in [0, 0.05) is 16.4 Å². The molecule has 0 saturated heterocycles. The highest BCUT2D eigenvalue weighted by atomic mass is 79.9. The predicted octanol–water partition coefficient (Wildman–Crippen LogP) is 1.78. The lowest BCUT2D eigenvalue weighted by Gasteiger charge is -2.05. The van der Waals surface area contributed by atoms with E-state index in [9.17, 15) is 9.59 Å². The summed E-state index contributed by atoms with van der Waals surface area (Å²) < 4.78 is 0.951. The molecule has 1 rings (SSSR count). The van der Waals surface area contributed by atoms with Gasteiger partial charge in [-0.15, -0.1) is 0 Å². The third kappa shape index (κ3) is 4.74. The molecule has 1 aromatic rings. The van der Waals surface area contributed by atoms with Gasteiger partial charge in [0.1, 0.15) is 18.2 Å². The Morgan fingerprint density at radius 2 is 2.20 bits per heavy atom. The molecule has 0 spiro atoms. The van der Waals surface area contributed by atoms with Gasteiger partial charge in [-0.1, -0.05) is 15.9 Å². The summed E-state index contributed by atoms with van der Waals surface area (Å²) in [5, 5.41) is 22.2. The second-order valence-corrected chi connectivity index (χ2v) is 4.71. The normalized spacial score (nSPS) is 10.6. The summed E-state index contributed by atoms with van der Waals surface area (Å²) >= 11 is 3.37. The quantitative estimate of drug-likeness (QED) is 0.561. The minimum atomic E-state index is -1.17. The highest BCUT2D eigenvalue weighted by Gasteiger charge is 2.09. The summed E-state index contributed by atoms with van der Waals surface area (Å²) in [6.07, 6.45) is 1.24. The molecule has 0 bridgehead atoms. The fourth-order valence-electron chi connectivity index (χ4n) is 1.29. The summed E-state index contributed by atoms with van der Waals surface area (Å²) in [7, 11) is 0. The molecule has 0 heterocycles. The van der Waals surface area contributed by atoms with Crippen LogP contribution in [0, 0.1) is 18.3 Å². The Hall–Kier alpha value is -2.33. The topological polar surface area (TPSA) is 102 Å². The van der Waals surface area contributed by atoms with Gasteiger partial charge in [0.05, 0.1) is 0 Å². The van der Waals surface area contributed by atoms with Crippen LogP contribution in [0.4, 0.5) is 5.69 Å². The fourth-order valence-corrected chi connectivity index (χ4v) is 1.54. The lowest BCUT2D eigenvalue weighted by Crippen LogP contribution is -2.30. The van der Waals surface area contributed by atoms with E-state index in [-0.39, 0.29) is 5.57 Å². The molecule has 0 unspecified atom stereocenters. The zero-order chi connectivity index (χ0) is 15.1. The second-order valence-electron chi connectivity index (χ2n) is 3.85. The number of hydrogen-bond donors (Lipinski definition) is 3. The minimum Gasteiger partial charge on any atom is -0.480 e. The Balaban J connectivity index is 2.75. The summed E-state index contributed by atoms with van der Waals surface area (Å²) in [5.41, 5.74) is 1.51. The van der Waals surface area contributed by atoms with Crippen molar-refractivity contribution in [3.63, 3.8) is 0 Å². The first kappa shape index (κ1) is 15.7. The number of carboxylic acids is 1. The van der Waals surface area contributed by atoms with E-state index in [4.69, 9.17) is 10.4 Å². The van der Waals surface area contributed by atoms with Crippen LogP contribution in [-0.4, -0.2) is 23.5 Å². The molecule has 1 amide bonds. The van der Waals surface area contributed by atoms with E-state index in [1.54, 1.807) is 12.1 Å². The van der Waals surface area contributed by atoms with Gasteiger partial charge >= 0.3 is 5.97 Å².